The molecule has 1 aromatic carbocycles. The number of benzene rings is 1. The fourth-order valence-corrected chi connectivity index (χ4v) is 1.50. The molecular weight excluding hydrogens is 168 g/mol. The molecule has 0 radical (unpaired) electrons. The van der Waals surface area contributed by atoms with Crippen LogP contribution in [0, 0.1) is 13.8 Å². The zero-order chi connectivity index (χ0) is 10.0. The molecule has 0 heterocycles. The highest BCUT2D eigenvalue weighted by atomic mass is 16.5. The average molecular weight is 182 g/mol. The monoisotopic (exact) mass is 182 g/mol. The molecule has 0 saturated carbocycles. The van der Waals surface area contributed by atoms with Crippen molar-refractivity contribution in [3.63, 3.8) is 0 Å². The van der Waals surface area contributed by atoms with Gasteiger partial charge in [-0.1, -0.05) is 0 Å². The molecule has 3 nitrogen and oxygen atoms in total. The first-order chi connectivity index (χ1) is 6.11. The number of hydrogen-bond acceptors (Lipinski definition) is 3. The van der Waals surface area contributed by atoms with Gasteiger partial charge in [0.25, 0.3) is 0 Å². The van der Waals surface area contributed by atoms with E-state index >= 15 is 0 Å². The van der Waals surface area contributed by atoms with Crippen LogP contribution in [0.5, 0.6) is 17.2 Å². The standard InChI is InChI=1S/C10H14O3/c1-6-5-8(11)10(13-4)7(2)9(6)12-3/h5,11H,1-4H3. The van der Waals surface area contributed by atoms with E-state index in [0.717, 1.165) is 16.9 Å². The third-order valence-corrected chi connectivity index (χ3v) is 2.03. The first-order valence-corrected chi connectivity index (χ1v) is 4.03. The van der Waals surface area contributed by atoms with Gasteiger partial charge in [0.15, 0.2) is 11.5 Å². The summed E-state index contributed by atoms with van der Waals surface area (Å²) in [5, 5.41) is 9.51. The summed E-state index contributed by atoms with van der Waals surface area (Å²) in [5.41, 5.74) is 1.72. The molecule has 72 valence electrons. The van der Waals surface area contributed by atoms with Crippen LogP contribution in [0.25, 0.3) is 0 Å². The van der Waals surface area contributed by atoms with E-state index in [1.807, 2.05) is 13.8 Å². The summed E-state index contributed by atoms with van der Waals surface area (Å²) in [6.45, 7) is 3.73. The highest BCUT2D eigenvalue weighted by molar-refractivity contribution is 5.56. The number of phenols is 1. The number of rotatable bonds is 2. The van der Waals surface area contributed by atoms with Crippen molar-refractivity contribution in [1.82, 2.24) is 0 Å². The Morgan fingerprint density at radius 1 is 1.08 bits per heavy atom. The number of phenolic OH excluding ortho intramolecular Hbond substituents is 1. The van der Waals surface area contributed by atoms with Gasteiger partial charge in [0.1, 0.15) is 5.75 Å². The van der Waals surface area contributed by atoms with E-state index in [9.17, 15) is 5.11 Å². The van der Waals surface area contributed by atoms with Gasteiger partial charge in [-0.15, -0.1) is 0 Å². The Labute approximate surface area is 77.9 Å². The normalized spacial score (nSPS) is 9.85. The maximum absolute atomic E-state index is 9.51. The molecule has 1 aromatic rings. The van der Waals surface area contributed by atoms with Crippen molar-refractivity contribution in [2.24, 2.45) is 0 Å². The lowest BCUT2D eigenvalue weighted by atomic mass is 10.1. The molecule has 0 spiro atoms. The Kier molecular flexibility index (Phi) is 2.66. The molecule has 0 atom stereocenters. The molecule has 13 heavy (non-hydrogen) atoms. The predicted octanol–water partition coefficient (Wildman–Crippen LogP) is 2.03. The first kappa shape index (κ1) is 9.71. The molecule has 0 aromatic heterocycles. The minimum absolute atomic E-state index is 0.151. The highest BCUT2D eigenvalue weighted by Crippen LogP contribution is 2.38. The third-order valence-electron chi connectivity index (χ3n) is 2.03. The van der Waals surface area contributed by atoms with Crippen molar-refractivity contribution in [2.75, 3.05) is 14.2 Å². The summed E-state index contributed by atoms with van der Waals surface area (Å²) in [7, 11) is 3.13. The van der Waals surface area contributed by atoms with E-state index < -0.39 is 0 Å². The molecule has 3 heteroatoms. The van der Waals surface area contributed by atoms with Gasteiger partial charge in [0, 0.05) is 5.56 Å². The van der Waals surface area contributed by atoms with E-state index in [0.29, 0.717) is 5.75 Å². The molecule has 0 aliphatic rings. The average Bonchev–Trinajstić information content (AvgIpc) is 2.04. The molecule has 0 saturated heterocycles. The lowest BCUT2D eigenvalue weighted by Crippen LogP contribution is -1.95. The van der Waals surface area contributed by atoms with Crippen LogP contribution in [0.2, 0.25) is 0 Å². The molecular formula is C10H14O3. The number of ether oxygens (including phenoxy) is 2. The van der Waals surface area contributed by atoms with Crippen molar-refractivity contribution >= 4 is 0 Å². The van der Waals surface area contributed by atoms with Gasteiger partial charge in [0.2, 0.25) is 0 Å². The van der Waals surface area contributed by atoms with Crippen molar-refractivity contribution in [1.29, 1.82) is 0 Å². The van der Waals surface area contributed by atoms with Crippen molar-refractivity contribution in [2.45, 2.75) is 13.8 Å². The smallest absolute Gasteiger partial charge is 0.167 e. The Balaban J connectivity index is 3.39. The van der Waals surface area contributed by atoms with Crippen molar-refractivity contribution < 1.29 is 14.6 Å². The third kappa shape index (κ3) is 1.54. The largest absolute Gasteiger partial charge is 0.504 e. The summed E-state index contributed by atoms with van der Waals surface area (Å²) in [6, 6.07) is 1.63. The van der Waals surface area contributed by atoms with Crippen LogP contribution in [-0.2, 0) is 0 Å². The molecule has 0 amide bonds. The number of aromatic hydroxyl groups is 1. The summed E-state index contributed by atoms with van der Waals surface area (Å²) in [4.78, 5) is 0. The Hall–Kier alpha value is -1.38. The zero-order valence-electron chi connectivity index (χ0n) is 8.34. The van der Waals surface area contributed by atoms with Crippen LogP contribution in [0.4, 0.5) is 0 Å². The molecule has 1 rings (SSSR count). The predicted molar refractivity (Wildman–Crippen MR) is 50.7 cm³/mol. The highest BCUT2D eigenvalue weighted by Gasteiger charge is 2.13. The SMILES string of the molecule is COc1c(C)cc(O)c(OC)c1C. The summed E-state index contributed by atoms with van der Waals surface area (Å²) in [5.74, 6) is 1.38. The zero-order valence-corrected chi connectivity index (χ0v) is 8.34. The number of aryl methyl sites for hydroxylation is 1. The van der Waals surface area contributed by atoms with E-state index in [1.54, 1.807) is 13.2 Å². The van der Waals surface area contributed by atoms with Crippen LogP contribution in [0.1, 0.15) is 11.1 Å². The van der Waals surface area contributed by atoms with Crippen LogP contribution in [0.3, 0.4) is 0 Å². The molecule has 0 bridgehead atoms. The van der Waals surface area contributed by atoms with Gasteiger partial charge in [-0.05, 0) is 25.5 Å². The Morgan fingerprint density at radius 3 is 2.08 bits per heavy atom. The van der Waals surface area contributed by atoms with E-state index in [-0.39, 0.29) is 5.75 Å². The second-order valence-electron chi connectivity index (χ2n) is 2.90. The molecule has 0 aliphatic heterocycles. The number of hydrogen-bond donors (Lipinski definition) is 1. The molecule has 0 fully saturated rings. The van der Waals surface area contributed by atoms with Crippen LogP contribution in [0.15, 0.2) is 6.07 Å². The minimum atomic E-state index is 0.151. The molecule has 0 aliphatic carbocycles. The van der Waals surface area contributed by atoms with Crippen molar-refractivity contribution in [3.05, 3.63) is 17.2 Å². The van der Waals surface area contributed by atoms with Gasteiger partial charge in [-0.3, -0.25) is 0 Å². The Morgan fingerprint density at radius 2 is 1.62 bits per heavy atom. The summed E-state index contributed by atoms with van der Waals surface area (Å²) < 4.78 is 10.2. The van der Waals surface area contributed by atoms with E-state index in [4.69, 9.17) is 9.47 Å². The maximum atomic E-state index is 9.51. The fraction of sp³-hybridized carbons (Fsp3) is 0.400. The summed E-state index contributed by atoms with van der Waals surface area (Å²) >= 11 is 0. The van der Waals surface area contributed by atoms with E-state index in [1.165, 1.54) is 7.11 Å². The van der Waals surface area contributed by atoms with Gasteiger partial charge < -0.3 is 14.6 Å². The van der Waals surface area contributed by atoms with Gasteiger partial charge in [-0.2, -0.15) is 0 Å². The second kappa shape index (κ2) is 3.56. The molecule has 1 N–H and O–H groups in total. The van der Waals surface area contributed by atoms with Crippen LogP contribution in [-0.4, -0.2) is 19.3 Å². The Bertz CT molecular complexity index is 290. The first-order valence-electron chi connectivity index (χ1n) is 4.03. The number of methoxy groups -OCH3 is 2. The maximum Gasteiger partial charge on any atom is 0.167 e. The van der Waals surface area contributed by atoms with E-state index in [2.05, 4.69) is 0 Å². The lowest BCUT2D eigenvalue weighted by Gasteiger charge is -2.13. The van der Waals surface area contributed by atoms with Crippen molar-refractivity contribution in [3.8, 4) is 17.2 Å². The summed E-state index contributed by atoms with van der Waals surface area (Å²) in [6.07, 6.45) is 0. The topological polar surface area (TPSA) is 38.7 Å². The quantitative estimate of drug-likeness (QED) is 0.760. The fourth-order valence-electron chi connectivity index (χ4n) is 1.50. The van der Waals surface area contributed by atoms with Crippen LogP contribution < -0.4 is 9.47 Å². The second-order valence-corrected chi connectivity index (χ2v) is 2.90. The van der Waals surface area contributed by atoms with Gasteiger partial charge >= 0.3 is 0 Å². The van der Waals surface area contributed by atoms with Gasteiger partial charge in [-0.25, -0.2) is 0 Å². The van der Waals surface area contributed by atoms with Crippen LogP contribution >= 0.6 is 0 Å². The minimum Gasteiger partial charge on any atom is -0.504 e. The molecule has 0 unspecified atom stereocenters. The lowest BCUT2D eigenvalue weighted by molar-refractivity contribution is 0.358. The van der Waals surface area contributed by atoms with Gasteiger partial charge in [0.05, 0.1) is 14.2 Å².